The Kier molecular flexibility index (Phi) is 11.3. The van der Waals surface area contributed by atoms with Crippen LogP contribution in [0.25, 0.3) is 0 Å². The molecule has 0 aromatic heterocycles. The Bertz CT molecular complexity index is 39.5. The summed E-state index contributed by atoms with van der Waals surface area (Å²) in [5.74, 6) is 0. The van der Waals surface area contributed by atoms with E-state index in [2.05, 4.69) is 20.4 Å². The van der Waals surface area contributed by atoms with Crippen LogP contribution in [0.3, 0.4) is 0 Å². The van der Waals surface area contributed by atoms with Gasteiger partial charge in [0.1, 0.15) is 0 Å². The maximum absolute atomic E-state index is 2.41. The van der Waals surface area contributed by atoms with E-state index in [9.17, 15) is 0 Å². The molecule has 0 unspecified atom stereocenters. The summed E-state index contributed by atoms with van der Waals surface area (Å²) >= 11 is 0. The molecule has 0 atom stereocenters. The van der Waals surface area contributed by atoms with E-state index in [-0.39, 0.29) is 27.7 Å². The fraction of sp³-hybridized carbons (Fsp3) is 1.00. The van der Waals surface area contributed by atoms with E-state index < -0.39 is 0 Å². The molecule has 0 aliphatic heterocycles. The number of hydrogen-bond acceptors (Lipinski definition) is 0. The SMILES string of the molecule is CCC[Si-](C)CC.[Li+]. The predicted octanol–water partition coefficient (Wildman–Crippen LogP) is -0.455. The van der Waals surface area contributed by atoms with Crippen molar-refractivity contribution in [2.45, 2.75) is 38.9 Å². The smallest absolute Gasteiger partial charge is 0.264 e. The average Bonchev–Trinajstić information content (AvgIpc) is 1.68. The average molecular weight is 122 g/mol. The molecule has 0 saturated carbocycles. The molecule has 0 aromatic carbocycles. The zero-order valence-corrected chi connectivity index (χ0v) is 7.62. The largest absolute Gasteiger partial charge is 1.00 e. The molecule has 0 fully saturated rings. The van der Waals surface area contributed by atoms with Crippen molar-refractivity contribution in [3.8, 4) is 0 Å². The van der Waals surface area contributed by atoms with E-state index in [1.165, 1.54) is 18.5 Å². The Morgan fingerprint density at radius 2 is 1.75 bits per heavy atom. The minimum Gasteiger partial charge on any atom is -0.264 e. The Hall–Kier alpha value is 0.814. The topological polar surface area (TPSA) is 0 Å². The van der Waals surface area contributed by atoms with Crippen LogP contribution < -0.4 is 18.9 Å². The van der Waals surface area contributed by atoms with Crippen LogP contribution in [0.2, 0.25) is 18.6 Å². The molecule has 0 radical (unpaired) electrons. The summed E-state index contributed by atoms with van der Waals surface area (Å²) in [6.45, 7) is 6.97. The Morgan fingerprint density at radius 1 is 1.25 bits per heavy atom. The Morgan fingerprint density at radius 3 is 1.88 bits per heavy atom. The summed E-state index contributed by atoms with van der Waals surface area (Å²) in [6.07, 6.45) is 1.39. The summed E-state index contributed by atoms with van der Waals surface area (Å²) in [5.41, 5.74) is 0. The summed E-state index contributed by atoms with van der Waals surface area (Å²) < 4.78 is 0. The van der Waals surface area contributed by atoms with Gasteiger partial charge in [-0.2, -0.15) is 18.6 Å². The van der Waals surface area contributed by atoms with Crippen molar-refractivity contribution in [3.05, 3.63) is 0 Å². The molecular weight excluding hydrogens is 107 g/mol. The first-order chi connectivity index (χ1) is 3.31. The van der Waals surface area contributed by atoms with Crippen LogP contribution in [0.4, 0.5) is 0 Å². The predicted molar refractivity (Wildman–Crippen MR) is 37.2 cm³/mol. The molecule has 0 aliphatic carbocycles. The summed E-state index contributed by atoms with van der Waals surface area (Å²) in [6, 6.07) is 2.94. The maximum atomic E-state index is 2.41. The third-order valence-electron chi connectivity index (χ3n) is 1.28. The molecule has 0 amide bonds. The van der Waals surface area contributed by atoms with Gasteiger partial charge in [-0.25, -0.2) is 0 Å². The van der Waals surface area contributed by atoms with E-state index in [1.807, 2.05) is 0 Å². The van der Waals surface area contributed by atoms with Crippen LogP contribution in [0.5, 0.6) is 0 Å². The molecule has 0 N–H and O–H groups in total. The number of hydrogen-bond donors (Lipinski definition) is 0. The standard InChI is InChI=1S/C6H15Si.Li/c1-4-6-7(3)5-2;/h4-6H2,1-3H3;/q-1;+1. The first-order valence-corrected chi connectivity index (χ1v) is 5.54. The molecule has 0 nitrogen and oxygen atoms in total. The van der Waals surface area contributed by atoms with Gasteiger partial charge >= 0.3 is 18.9 Å². The first kappa shape index (κ1) is 11.6. The zero-order chi connectivity index (χ0) is 5.70. The second kappa shape index (κ2) is 7.81. The minimum absolute atomic E-state index is 0. The van der Waals surface area contributed by atoms with E-state index in [4.69, 9.17) is 0 Å². The van der Waals surface area contributed by atoms with E-state index in [0.717, 1.165) is 0 Å². The molecule has 0 aromatic rings. The molecule has 0 spiro atoms. The summed E-state index contributed by atoms with van der Waals surface area (Å²) in [5, 5.41) is 0. The van der Waals surface area contributed by atoms with E-state index >= 15 is 0 Å². The van der Waals surface area contributed by atoms with E-state index in [0.29, 0.717) is 0 Å². The zero-order valence-electron chi connectivity index (χ0n) is 6.62. The van der Waals surface area contributed by atoms with Crippen molar-refractivity contribution in [1.82, 2.24) is 0 Å². The van der Waals surface area contributed by atoms with Crippen LogP contribution >= 0.6 is 0 Å². The van der Waals surface area contributed by atoms with Crippen LogP contribution in [0.1, 0.15) is 20.3 Å². The van der Waals surface area contributed by atoms with Gasteiger partial charge in [-0.1, -0.05) is 20.3 Å². The monoisotopic (exact) mass is 122 g/mol. The quantitative estimate of drug-likeness (QED) is 0.445. The molecule has 2 heteroatoms. The fourth-order valence-corrected chi connectivity index (χ4v) is 1.81. The van der Waals surface area contributed by atoms with Crippen LogP contribution in [0, 0.1) is 0 Å². The third-order valence-corrected chi connectivity index (χ3v) is 3.84. The second-order valence-electron chi connectivity index (χ2n) is 2.06. The van der Waals surface area contributed by atoms with Gasteiger partial charge in [0, 0.05) is 0 Å². The van der Waals surface area contributed by atoms with Gasteiger partial charge in [0.15, 0.2) is 0 Å². The molecule has 0 heterocycles. The summed E-state index contributed by atoms with van der Waals surface area (Å²) in [7, 11) is 0.120. The van der Waals surface area contributed by atoms with Crippen LogP contribution in [-0.4, -0.2) is 8.80 Å². The molecule has 44 valence electrons. The van der Waals surface area contributed by atoms with Gasteiger partial charge in [-0.15, -0.1) is 0 Å². The molecule has 0 rings (SSSR count). The molecule has 8 heavy (non-hydrogen) atoms. The van der Waals surface area contributed by atoms with Crippen molar-refractivity contribution >= 4 is 8.80 Å². The molecular formula is C6H15LiSi. The Balaban J connectivity index is 0. The second-order valence-corrected chi connectivity index (χ2v) is 5.18. The van der Waals surface area contributed by atoms with Gasteiger partial charge in [0.05, 0.1) is 0 Å². The molecule has 0 aliphatic rings. The van der Waals surface area contributed by atoms with Crippen LogP contribution in [-0.2, 0) is 0 Å². The van der Waals surface area contributed by atoms with Gasteiger partial charge in [0.2, 0.25) is 0 Å². The molecule has 0 bridgehead atoms. The summed E-state index contributed by atoms with van der Waals surface area (Å²) in [4.78, 5) is 0. The van der Waals surface area contributed by atoms with Gasteiger partial charge in [0.25, 0.3) is 0 Å². The van der Waals surface area contributed by atoms with Crippen molar-refractivity contribution < 1.29 is 18.9 Å². The third kappa shape index (κ3) is 6.81. The van der Waals surface area contributed by atoms with Crippen molar-refractivity contribution in [3.63, 3.8) is 0 Å². The first-order valence-electron chi connectivity index (χ1n) is 3.12. The van der Waals surface area contributed by atoms with Crippen molar-refractivity contribution in [2.75, 3.05) is 0 Å². The minimum atomic E-state index is 0. The maximum Gasteiger partial charge on any atom is 1.00 e. The number of rotatable bonds is 3. The van der Waals surface area contributed by atoms with Crippen LogP contribution in [0.15, 0.2) is 0 Å². The fourth-order valence-electron chi connectivity index (χ4n) is 0.604. The Labute approximate surface area is 66.8 Å². The van der Waals surface area contributed by atoms with Crippen molar-refractivity contribution in [2.24, 2.45) is 0 Å². The van der Waals surface area contributed by atoms with E-state index in [1.54, 1.807) is 0 Å². The molecule has 0 saturated heterocycles. The van der Waals surface area contributed by atoms with Gasteiger partial charge in [-0.05, 0) is 0 Å². The van der Waals surface area contributed by atoms with Gasteiger partial charge < -0.3 is 0 Å². The van der Waals surface area contributed by atoms with Gasteiger partial charge in [-0.3, -0.25) is 8.80 Å². The normalized spacial score (nSPS) is 9.00. The van der Waals surface area contributed by atoms with Crippen molar-refractivity contribution in [1.29, 1.82) is 0 Å².